The minimum absolute atomic E-state index is 0.0120. The molecular formula is C12H15F3N2O3S. The summed E-state index contributed by atoms with van der Waals surface area (Å²) in [4.78, 5) is 11.4. The maximum atomic E-state index is 12.5. The highest BCUT2D eigenvalue weighted by atomic mass is 32.2. The van der Waals surface area contributed by atoms with Gasteiger partial charge in [0.15, 0.2) is 0 Å². The van der Waals surface area contributed by atoms with Gasteiger partial charge in [-0.1, -0.05) is 0 Å². The first-order valence-corrected chi connectivity index (χ1v) is 7.28. The van der Waals surface area contributed by atoms with E-state index in [0.29, 0.717) is 16.7 Å². The zero-order valence-electron chi connectivity index (χ0n) is 11.8. The summed E-state index contributed by atoms with van der Waals surface area (Å²) < 4.78 is 61.4. The lowest BCUT2D eigenvalue weighted by Gasteiger charge is -2.20. The van der Waals surface area contributed by atoms with Crippen LogP contribution in [0, 0.1) is 27.7 Å². The molecule has 0 aliphatic heterocycles. The van der Waals surface area contributed by atoms with Gasteiger partial charge < -0.3 is 5.73 Å². The number of hydrogen-bond donors (Lipinski definition) is 2. The lowest BCUT2D eigenvalue weighted by Crippen LogP contribution is -2.31. The number of anilines is 1. The molecule has 0 bridgehead atoms. The van der Waals surface area contributed by atoms with Crippen LogP contribution in [-0.4, -0.2) is 19.8 Å². The standard InChI is InChI=1S/C12H15F3N2O3S/c1-5-6(2)9(11(16)18)8(4)10(7(5)3)17-21(19,20)12(13,14)15/h17H,1-4H3,(H2,16,18). The van der Waals surface area contributed by atoms with E-state index in [0.717, 1.165) is 0 Å². The third-order valence-electron chi connectivity index (χ3n) is 3.41. The zero-order chi connectivity index (χ0) is 16.7. The lowest BCUT2D eigenvalue weighted by molar-refractivity contribution is -0.0429. The van der Waals surface area contributed by atoms with Gasteiger partial charge in [0.25, 0.3) is 0 Å². The van der Waals surface area contributed by atoms with Crippen molar-refractivity contribution in [1.29, 1.82) is 0 Å². The Balaban J connectivity index is 3.63. The van der Waals surface area contributed by atoms with Gasteiger partial charge in [0.1, 0.15) is 0 Å². The SMILES string of the molecule is Cc1c(C)c(NS(=O)(=O)C(F)(F)F)c(C)c(C(N)=O)c1C. The minimum Gasteiger partial charge on any atom is -0.366 e. The Bertz CT molecular complexity index is 710. The Morgan fingerprint density at radius 3 is 1.86 bits per heavy atom. The van der Waals surface area contributed by atoms with Crippen molar-refractivity contribution in [3.05, 3.63) is 27.8 Å². The smallest absolute Gasteiger partial charge is 0.366 e. The van der Waals surface area contributed by atoms with E-state index in [1.54, 1.807) is 13.8 Å². The average Bonchev–Trinajstić information content (AvgIpc) is 2.30. The number of nitrogens with one attached hydrogen (secondary N) is 1. The molecule has 0 fully saturated rings. The predicted octanol–water partition coefficient (Wildman–Crippen LogP) is 2.28. The number of carbonyl (C=O) groups excluding carboxylic acids is 1. The molecule has 0 aliphatic carbocycles. The Morgan fingerprint density at radius 2 is 1.48 bits per heavy atom. The summed E-state index contributed by atoms with van der Waals surface area (Å²) in [6.45, 7) is 5.97. The van der Waals surface area contributed by atoms with Crippen LogP contribution in [0.3, 0.4) is 0 Å². The Morgan fingerprint density at radius 1 is 1.00 bits per heavy atom. The van der Waals surface area contributed by atoms with Gasteiger partial charge in [-0.15, -0.1) is 0 Å². The van der Waals surface area contributed by atoms with E-state index in [4.69, 9.17) is 5.73 Å². The maximum absolute atomic E-state index is 12.5. The molecule has 1 aromatic carbocycles. The quantitative estimate of drug-likeness (QED) is 0.894. The van der Waals surface area contributed by atoms with E-state index in [-0.39, 0.29) is 16.8 Å². The van der Waals surface area contributed by atoms with Gasteiger partial charge in [-0.3, -0.25) is 9.52 Å². The fraction of sp³-hybridized carbons (Fsp3) is 0.417. The summed E-state index contributed by atoms with van der Waals surface area (Å²) in [7, 11) is -5.57. The Labute approximate surface area is 120 Å². The summed E-state index contributed by atoms with van der Waals surface area (Å²) in [5.74, 6) is -0.833. The molecule has 0 aromatic heterocycles. The van der Waals surface area contributed by atoms with Crippen molar-refractivity contribution in [3.63, 3.8) is 0 Å². The Hall–Kier alpha value is -1.77. The van der Waals surface area contributed by atoms with Gasteiger partial charge in [-0.05, 0) is 49.9 Å². The molecule has 0 saturated carbocycles. The van der Waals surface area contributed by atoms with Gasteiger partial charge in [0.2, 0.25) is 5.91 Å². The summed E-state index contributed by atoms with van der Waals surface area (Å²) >= 11 is 0. The fourth-order valence-electron chi connectivity index (χ4n) is 2.06. The number of carbonyl (C=O) groups is 1. The third kappa shape index (κ3) is 2.97. The first-order valence-electron chi connectivity index (χ1n) is 5.80. The molecule has 1 aromatic rings. The summed E-state index contributed by atoms with van der Waals surface area (Å²) in [5.41, 5.74) is 0.881. The minimum atomic E-state index is -5.57. The first kappa shape index (κ1) is 17.3. The fourth-order valence-corrected chi connectivity index (χ4v) is 2.75. The number of amides is 1. The maximum Gasteiger partial charge on any atom is 0.516 e. The van der Waals surface area contributed by atoms with Crippen molar-refractivity contribution in [3.8, 4) is 0 Å². The molecule has 9 heteroatoms. The van der Waals surface area contributed by atoms with E-state index in [1.807, 2.05) is 0 Å². The summed E-state index contributed by atoms with van der Waals surface area (Å²) in [5, 5.41) is 0. The van der Waals surface area contributed by atoms with E-state index in [9.17, 15) is 26.4 Å². The highest BCUT2D eigenvalue weighted by Crippen LogP contribution is 2.34. The highest BCUT2D eigenvalue weighted by Gasteiger charge is 2.46. The normalized spacial score (nSPS) is 12.3. The van der Waals surface area contributed by atoms with E-state index >= 15 is 0 Å². The van der Waals surface area contributed by atoms with Gasteiger partial charge in [0, 0.05) is 5.56 Å². The van der Waals surface area contributed by atoms with Crippen molar-refractivity contribution in [2.45, 2.75) is 33.2 Å². The van der Waals surface area contributed by atoms with Gasteiger partial charge in [-0.2, -0.15) is 21.6 Å². The molecular weight excluding hydrogens is 309 g/mol. The van der Waals surface area contributed by atoms with Crippen LogP contribution in [0.1, 0.15) is 32.6 Å². The van der Waals surface area contributed by atoms with Gasteiger partial charge >= 0.3 is 15.5 Å². The molecule has 1 amide bonds. The van der Waals surface area contributed by atoms with E-state index in [1.165, 1.54) is 18.6 Å². The molecule has 0 heterocycles. The van der Waals surface area contributed by atoms with Crippen LogP contribution in [0.25, 0.3) is 0 Å². The molecule has 21 heavy (non-hydrogen) atoms. The predicted molar refractivity (Wildman–Crippen MR) is 72.5 cm³/mol. The number of primary amides is 1. The number of halogens is 3. The number of benzene rings is 1. The van der Waals surface area contributed by atoms with Crippen molar-refractivity contribution in [2.75, 3.05) is 4.72 Å². The number of rotatable bonds is 3. The monoisotopic (exact) mass is 324 g/mol. The summed E-state index contributed by atoms with van der Waals surface area (Å²) in [6, 6.07) is 0. The number of hydrogen-bond acceptors (Lipinski definition) is 3. The van der Waals surface area contributed by atoms with Crippen molar-refractivity contribution in [2.24, 2.45) is 5.73 Å². The second-order valence-electron chi connectivity index (χ2n) is 4.67. The van der Waals surface area contributed by atoms with Crippen LogP contribution >= 0.6 is 0 Å². The van der Waals surface area contributed by atoms with Crippen LogP contribution in [0.2, 0.25) is 0 Å². The van der Waals surface area contributed by atoms with Crippen LogP contribution in [0.5, 0.6) is 0 Å². The molecule has 0 saturated heterocycles. The van der Waals surface area contributed by atoms with Crippen molar-refractivity contribution in [1.82, 2.24) is 0 Å². The molecule has 1 rings (SSSR count). The number of alkyl halides is 3. The van der Waals surface area contributed by atoms with Crippen molar-refractivity contribution >= 4 is 21.6 Å². The van der Waals surface area contributed by atoms with Gasteiger partial charge in [-0.25, -0.2) is 0 Å². The molecule has 0 unspecified atom stereocenters. The molecule has 0 aliphatic rings. The van der Waals surface area contributed by atoms with Crippen LogP contribution in [0.15, 0.2) is 0 Å². The first-order chi connectivity index (χ1) is 9.31. The largest absolute Gasteiger partial charge is 0.516 e. The van der Waals surface area contributed by atoms with Crippen LogP contribution < -0.4 is 10.5 Å². The lowest BCUT2D eigenvalue weighted by atomic mass is 9.92. The average molecular weight is 324 g/mol. The van der Waals surface area contributed by atoms with Crippen LogP contribution in [-0.2, 0) is 10.0 Å². The topological polar surface area (TPSA) is 89.3 Å². The molecule has 0 radical (unpaired) electrons. The highest BCUT2D eigenvalue weighted by molar-refractivity contribution is 7.93. The Kier molecular flexibility index (Phi) is 4.29. The third-order valence-corrected chi connectivity index (χ3v) is 4.49. The molecule has 3 N–H and O–H groups in total. The number of sulfonamides is 1. The van der Waals surface area contributed by atoms with Gasteiger partial charge in [0.05, 0.1) is 5.69 Å². The number of nitrogens with two attached hydrogens (primary N) is 1. The second-order valence-corrected chi connectivity index (χ2v) is 6.34. The second kappa shape index (κ2) is 5.21. The zero-order valence-corrected chi connectivity index (χ0v) is 12.7. The van der Waals surface area contributed by atoms with E-state index < -0.39 is 21.4 Å². The van der Waals surface area contributed by atoms with Crippen molar-refractivity contribution < 1.29 is 26.4 Å². The van der Waals surface area contributed by atoms with E-state index in [2.05, 4.69) is 0 Å². The molecule has 0 spiro atoms. The molecule has 118 valence electrons. The molecule has 0 atom stereocenters. The van der Waals surface area contributed by atoms with Crippen LogP contribution in [0.4, 0.5) is 18.9 Å². The summed E-state index contributed by atoms with van der Waals surface area (Å²) in [6.07, 6.45) is 0. The molecule has 5 nitrogen and oxygen atoms in total.